The maximum Gasteiger partial charge on any atom is 0.147 e. The molecule has 1 rings (SSSR count). The Bertz CT molecular complexity index is 418. The fourth-order valence-corrected chi connectivity index (χ4v) is 1.38. The zero-order valence-corrected chi connectivity index (χ0v) is 9.35. The van der Waals surface area contributed by atoms with Gasteiger partial charge in [-0.3, -0.25) is 0 Å². The van der Waals surface area contributed by atoms with Crippen LogP contribution in [0.25, 0.3) is 6.08 Å². The number of hydrogen-bond acceptors (Lipinski definition) is 2. The molecule has 80 valence electrons. The summed E-state index contributed by atoms with van der Waals surface area (Å²) in [5.41, 5.74) is 0.217. The van der Waals surface area contributed by atoms with E-state index in [9.17, 15) is 0 Å². The topological polar surface area (TPSA) is 47.6 Å². The van der Waals surface area contributed by atoms with E-state index in [1.807, 2.05) is 49.4 Å². The Labute approximate surface area is 96.4 Å². The van der Waals surface area contributed by atoms with Crippen molar-refractivity contribution in [3.63, 3.8) is 0 Å². The van der Waals surface area contributed by atoms with E-state index in [2.05, 4.69) is 12.1 Å². The van der Waals surface area contributed by atoms with Crippen LogP contribution >= 0.6 is 0 Å². The summed E-state index contributed by atoms with van der Waals surface area (Å²) in [5.74, 6) is 0. The van der Waals surface area contributed by atoms with Crippen molar-refractivity contribution < 1.29 is 0 Å². The molecule has 0 atom stereocenters. The maximum atomic E-state index is 8.97. The van der Waals surface area contributed by atoms with Crippen molar-refractivity contribution in [2.45, 2.75) is 19.8 Å². The summed E-state index contributed by atoms with van der Waals surface area (Å²) in [4.78, 5) is 0. The van der Waals surface area contributed by atoms with Crippen molar-refractivity contribution in [1.29, 1.82) is 10.5 Å². The van der Waals surface area contributed by atoms with E-state index in [4.69, 9.17) is 10.5 Å². The first-order valence-electron chi connectivity index (χ1n) is 5.30. The van der Waals surface area contributed by atoms with E-state index in [-0.39, 0.29) is 0 Å². The first-order valence-corrected chi connectivity index (χ1v) is 5.30. The molecule has 0 saturated heterocycles. The molecule has 0 aromatic heterocycles. The highest BCUT2D eigenvalue weighted by molar-refractivity contribution is 5.49. The summed E-state index contributed by atoms with van der Waals surface area (Å²) < 4.78 is 0. The molecule has 0 fully saturated rings. The first kappa shape index (κ1) is 12.0. The van der Waals surface area contributed by atoms with Gasteiger partial charge in [-0.2, -0.15) is 10.5 Å². The fraction of sp³-hybridized carbons (Fsp3) is 0.286. The van der Waals surface area contributed by atoms with Crippen LogP contribution < -0.4 is 0 Å². The quantitative estimate of drug-likeness (QED) is 0.763. The highest BCUT2D eigenvalue weighted by Crippen LogP contribution is 2.25. The molecule has 1 aromatic carbocycles. The van der Waals surface area contributed by atoms with Gasteiger partial charge >= 0.3 is 0 Å². The van der Waals surface area contributed by atoms with Gasteiger partial charge in [0, 0.05) is 0 Å². The van der Waals surface area contributed by atoms with Crippen LogP contribution in [0.15, 0.2) is 36.4 Å². The molecule has 0 aliphatic carbocycles. The zero-order valence-electron chi connectivity index (χ0n) is 9.35. The van der Waals surface area contributed by atoms with Crippen LogP contribution in [0.1, 0.15) is 25.3 Å². The van der Waals surface area contributed by atoms with Gasteiger partial charge in [0.1, 0.15) is 5.41 Å². The molecule has 16 heavy (non-hydrogen) atoms. The molecule has 0 aliphatic heterocycles. The molecule has 0 bridgehead atoms. The van der Waals surface area contributed by atoms with Crippen LogP contribution in [0.5, 0.6) is 0 Å². The lowest BCUT2D eigenvalue weighted by Crippen LogP contribution is -2.12. The van der Waals surface area contributed by atoms with Crippen molar-refractivity contribution >= 4 is 6.08 Å². The summed E-state index contributed by atoms with van der Waals surface area (Å²) >= 11 is 0. The summed E-state index contributed by atoms with van der Waals surface area (Å²) in [6, 6.07) is 14.0. The van der Waals surface area contributed by atoms with Gasteiger partial charge in [-0.25, -0.2) is 0 Å². The second kappa shape index (κ2) is 5.73. The molecular formula is C14H14N2. The van der Waals surface area contributed by atoms with E-state index < -0.39 is 5.41 Å². The highest BCUT2D eigenvalue weighted by Gasteiger charge is 2.25. The maximum absolute atomic E-state index is 8.97. The molecule has 2 heteroatoms. The van der Waals surface area contributed by atoms with Gasteiger partial charge in [-0.1, -0.05) is 49.4 Å². The molecule has 2 nitrogen and oxygen atoms in total. The molecule has 1 aromatic rings. The van der Waals surface area contributed by atoms with Crippen molar-refractivity contribution in [2.75, 3.05) is 0 Å². The number of hydrogen-bond donors (Lipinski definition) is 0. The van der Waals surface area contributed by atoms with Gasteiger partial charge < -0.3 is 0 Å². The van der Waals surface area contributed by atoms with Crippen molar-refractivity contribution in [3.8, 4) is 12.1 Å². The Morgan fingerprint density at radius 3 is 2.31 bits per heavy atom. The molecule has 0 amide bonds. The Morgan fingerprint density at radius 1 is 1.19 bits per heavy atom. The minimum atomic E-state index is -0.870. The number of nitrogens with zero attached hydrogens (tertiary/aromatic N) is 2. The third kappa shape index (κ3) is 2.97. The first-order chi connectivity index (χ1) is 7.76. The van der Waals surface area contributed by atoms with Crippen molar-refractivity contribution in [2.24, 2.45) is 5.41 Å². The molecule has 0 unspecified atom stereocenters. The number of nitriles is 2. The van der Waals surface area contributed by atoms with Gasteiger partial charge in [0.2, 0.25) is 0 Å². The second-order valence-electron chi connectivity index (χ2n) is 3.68. The monoisotopic (exact) mass is 210 g/mol. The van der Waals surface area contributed by atoms with Crippen molar-refractivity contribution in [3.05, 3.63) is 42.0 Å². The number of allylic oxidation sites excluding steroid dienone is 1. The van der Waals surface area contributed by atoms with Crippen LogP contribution in [0.4, 0.5) is 0 Å². The summed E-state index contributed by atoms with van der Waals surface area (Å²) in [5, 5.41) is 17.9. The lowest BCUT2D eigenvalue weighted by Gasteiger charge is -2.12. The normalized spacial score (nSPS) is 10.9. The molecule has 0 radical (unpaired) electrons. The van der Waals surface area contributed by atoms with Crippen LogP contribution in [-0.2, 0) is 0 Å². The average Bonchev–Trinajstić information content (AvgIpc) is 2.37. The molecular weight excluding hydrogens is 196 g/mol. The Kier molecular flexibility index (Phi) is 4.30. The fourth-order valence-electron chi connectivity index (χ4n) is 1.38. The van der Waals surface area contributed by atoms with Crippen LogP contribution in [-0.4, -0.2) is 0 Å². The smallest absolute Gasteiger partial charge is 0.147 e. The third-order valence-electron chi connectivity index (χ3n) is 2.61. The standard InChI is InChI=1S/C14H14N2/c1-2-14(11-15,12-16)10-6-9-13-7-4-3-5-8-13/h3-9H,2,10H2,1H3/b9-6+. The second-order valence-corrected chi connectivity index (χ2v) is 3.68. The predicted molar refractivity (Wildman–Crippen MR) is 64.0 cm³/mol. The van der Waals surface area contributed by atoms with E-state index >= 15 is 0 Å². The minimum absolute atomic E-state index is 0.478. The predicted octanol–water partition coefficient (Wildman–Crippen LogP) is 3.53. The lowest BCUT2D eigenvalue weighted by molar-refractivity contribution is 0.511. The third-order valence-corrected chi connectivity index (χ3v) is 2.61. The SMILES string of the molecule is CCC(C#N)(C#N)C/C=C/c1ccccc1. The summed E-state index contributed by atoms with van der Waals surface area (Å²) in [7, 11) is 0. The van der Waals surface area contributed by atoms with Crippen molar-refractivity contribution in [1.82, 2.24) is 0 Å². The lowest BCUT2D eigenvalue weighted by atomic mass is 9.85. The number of rotatable bonds is 4. The highest BCUT2D eigenvalue weighted by atomic mass is 14.4. The number of benzene rings is 1. The Balaban J connectivity index is 2.68. The van der Waals surface area contributed by atoms with Gasteiger partial charge in [0.05, 0.1) is 12.1 Å². The Hall–Kier alpha value is -2.06. The zero-order chi connectivity index (χ0) is 11.9. The van der Waals surface area contributed by atoms with Crippen LogP contribution in [0.2, 0.25) is 0 Å². The van der Waals surface area contributed by atoms with Gasteiger partial charge in [0.15, 0.2) is 0 Å². The van der Waals surface area contributed by atoms with Gasteiger partial charge in [-0.05, 0) is 18.4 Å². The molecule has 0 spiro atoms. The largest absolute Gasteiger partial charge is 0.197 e. The molecule has 0 saturated carbocycles. The van der Waals surface area contributed by atoms with Gasteiger partial charge in [-0.15, -0.1) is 0 Å². The minimum Gasteiger partial charge on any atom is -0.197 e. The molecule has 0 aliphatic rings. The summed E-state index contributed by atoms with van der Waals surface area (Å²) in [6.07, 6.45) is 4.87. The Morgan fingerprint density at radius 2 is 1.81 bits per heavy atom. The van der Waals surface area contributed by atoms with E-state index in [0.29, 0.717) is 12.8 Å². The average molecular weight is 210 g/mol. The molecule has 0 heterocycles. The van der Waals surface area contributed by atoms with E-state index in [1.54, 1.807) is 0 Å². The van der Waals surface area contributed by atoms with Crippen LogP contribution in [0, 0.1) is 28.1 Å². The molecule has 0 N–H and O–H groups in total. The van der Waals surface area contributed by atoms with Crippen LogP contribution in [0.3, 0.4) is 0 Å². The van der Waals surface area contributed by atoms with E-state index in [0.717, 1.165) is 5.56 Å². The van der Waals surface area contributed by atoms with Gasteiger partial charge in [0.25, 0.3) is 0 Å². The summed E-state index contributed by atoms with van der Waals surface area (Å²) in [6.45, 7) is 1.86. The van der Waals surface area contributed by atoms with E-state index in [1.165, 1.54) is 0 Å².